The van der Waals surface area contributed by atoms with Crippen LogP contribution in [-0.2, 0) is 9.84 Å². The van der Waals surface area contributed by atoms with E-state index in [2.05, 4.69) is 16.3 Å². The van der Waals surface area contributed by atoms with Gasteiger partial charge in [0.15, 0.2) is 15.6 Å². The minimum absolute atomic E-state index is 0.0450. The fraction of sp³-hybridized carbons (Fsp3) is 0.409. The number of ketones is 1. The van der Waals surface area contributed by atoms with Crippen molar-refractivity contribution in [3.8, 4) is 11.5 Å². The number of sulfone groups is 1. The van der Waals surface area contributed by atoms with E-state index in [1.165, 1.54) is 11.8 Å². The van der Waals surface area contributed by atoms with Gasteiger partial charge in [-0.15, -0.1) is 10.2 Å². The highest BCUT2D eigenvalue weighted by Crippen LogP contribution is 2.30. The highest BCUT2D eigenvalue weighted by atomic mass is 32.2. The number of hydrogen-bond donors (Lipinski definition) is 0. The average Bonchev–Trinajstić information content (AvgIpc) is 3.36. The Morgan fingerprint density at radius 1 is 1.13 bits per heavy atom. The number of hydrogen-bond acceptors (Lipinski definition) is 7. The third kappa shape index (κ3) is 4.62. The van der Waals surface area contributed by atoms with Crippen LogP contribution in [0.4, 0.5) is 0 Å². The zero-order chi connectivity index (χ0) is 22.3. The Morgan fingerprint density at radius 3 is 2.48 bits per heavy atom. The van der Waals surface area contributed by atoms with Crippen molar-refractivity contribution in [3.63, 3.8) is 0 Å². The van der Waals surface area contributed by atoms with Crippen molar-refractivity contribution in [3.05, 3.63) is 52.3 Å². The zero-order valence-electron chi connectivity index (χ0n) is 18.0. The molecule has 3 heterocycles. The first-order valence-electron chi connectivity index (χ1n) is 10.1. The molecule has 7 nitrogen and oxygen atoms in total. The fourth-order valence-corrected chi connectivity index (χ4v) is 6.63. The lowest BCUT2D eigenvalue weighted by Gasteiger charge is -2.16. The molecule has 31 heavy (non-hydrogen) atoms. The molecule has 0 saturated carbocycles. The summed E-state index contributed by atoms with van der Waals surface area (Å²) in [6, 6.07) is 7.79. The first-order chi connectivity index (χ1) is 14.6. The maximum absolute atomic E-state index is 12.9. The Morgan fingerprint density at radius 2 is 1.84 bits per heavy atom. The number of benzene rings is 1. The molecule has 0 amide bonds. The molecule has 0 aliphatic carbocycles. The maximum atomic E-state index is 12.9. The quantitative estimate of drug-likeness (QED) is 0.404. The van der Waals surface area contributed by atoms with Gasteiger partial charge in [0.1, 0.15) is 0 Å². The van der Waals surface area contributed by atoms with E-state index < -0.39 is 9.84 Å². The smallest absolute Gasteiger partial charge is 0.277 e. The second kappa shape index (κ2) is 8.27. The van der Waals surface area contributed by atoms with E-state index in [0.29, 0.717) is 23.1 Å². The highest BCUT2D eigenvalue weighted by molar-refractivity contribution is 7.99. The number of aryl methyl sites for hydroxylation is 3. The molecule has 0 spiro atoms. The van der Waals surface area contributed by atoms with E-state index in [-0.39, 0.29) is 29.1 Å². The van der Waals surface area contributed by atoms with Crippen LogP contribution in [0.2, 0.25) is 0 Å². The van der Waals surface area contributed by atoms with Gasteiger partial charge in [-0.3, -0.25) is 4.79 Å². The summed E-state index contributed by atoms with van der Waals surface area (Å²) in [5.41, 5.74) is 5.42. The lowest BCUT2D eigenvalue weighted by atomic mass is 10.1. The number of rotatable bonds is 6. The van der Waals surface area contributed by atoms with Gasteiger partial charge in [-0.25, -0.2) is 8.42 Å². The summed E-state index contributed by atoms with van der Waals surface area (Å²) in [5.74, 6) is 0.892. The molecule has 3 aromatic rings. The molecule has 2 aromatic heterocycles. The molecule has 0 bridgehead atoms. The Kier molecular flexibility index (Phi) is 5.83. The Bertz CT molecular complexity index is 1240. The molecule has 9 heteroatoms. The van der Waals surface area contributed by atoms with Crippen LogP contribution < -0.4 is 0 Å². The molecule has 1 fully saturated rings. The first-order valence-corrected chi connectivity index (χ1v) is 12.9. The van der Waals surface area contributed by atoms with Crippen LogP contribution in [0.15, 0.2) is 33.9 Å². The lowest BCUT2D eigenvalue weighted by Crippen LogP contribution is -2.14. The van der Waals surface area contributed by atoms with Gasteiger partial charge in [-0.2, -0.15) is 0 Å². The van der Waals surface area contributed by atoms with Crippen molar-refractivity contribution in [2.45, 2.75) is 45.4 Å². The maximum Gasteiger partial charge on any atom is 0.277 e. The predicted octanol–water partition coefficient (Wildman–Crippen LogP) is 4.11. The molecule has 164 valence electrons. The minimum atomic E-state index is -3.00. The fourth-order valence-electron chi connectivity index (χ4n) is 4.29. The topological polar surface area (TPSA) is 95.1 Å². The standard InChI is InChI=1S/C22H25N3O4S2/c1-13-7-14(2)9-17(8-13)21-23-24-22(29-21)30-11-20(26)19-10-15(3)25(16(19)4)18-5-6-31(27,28)12-18/h7-10,18H,5-6,11-12H2,1-4H3. The van der Waals surface area contributed by atoms with Crippen LogP contribution in [0.5, 0.6) is 0 Å². The summed E-state index contributed by atoms with van der Waals surface area (Å²) in [6.07, 6.45) is 0.588. The van der Waals surface area contributed by atoms with Gasteiger partial charge in [-0.1, -0.05) is 29.0 Å². The molecule has 1 unspecified atom stereocenters. The van der Waals surface area contributed by atoms with Crippen LogP contribution in [0.1, 0.15) is 45.3 Å². The summed E-state index contributed by atoms with van der Waals surface area (Å²) in [6.45, 7) is 7.81. The second-order valence-corrected chi connectivity index (χ2v) is 11.3. The van der Waals surface area contributed by atoms with Gasteiger partial charge in [0.25, 0.3) is 5.22 Å². The van der Waals surface area contributed by atoms with Crippen molar-refractivity contribution < 1.29 is 17.6 Å². The molecule has 0 radical (unpaired) electrons. The third-order valence-corrected chi connectivity index (χ3v) is 8.13. The molecule has 1 saturated heterocycles. The van der Waals surface area contributed by atoms with Crippen molar-refractivity contribution in [2.75, 3.05) is 17.3 Å². The van der Waals surface area contributed by atoms with E-state index in [1.54, 1.807) is 0 Å². The van der Waals surface area contributed by atoms with E-state index in [1.807, 2.05) is 50.5 Å². The van der Waals surface area contributed by atoms with E-state index in [4.69, 9.17) is 4.42 Å². The summed E-state index contributed by atoms with van der Waals surface area (Å²) in [5, 5.41) is 8.52. The van der Waals surface area contributed by atoms with Crippen LogP contribution in [-0.4, -0.2) is 46.2 Å². The molecular weight excluding hydrogens is 434 g/mol. The van der Waals surface area contributed by atoms with E-state index >= 15 is 0 Å². The monoisotopic (exact) mass is 459 g/mol. The summed E-state index contributed by atoms with van der Waals surface area (Å²) in [4.78, 5) is 12.9. The van der Waals surface area contributed by atoms with Gasteiger partial charge in [0.05, 0.1) is 17.3 Å². The minimum Gasteiger partial charge on any atom is -0.411 e. The predicted molar refractivity (Wildman–Crippen MR) is 120 cm³/mol. The van der Waals surface area contributed by atoms with Crippen molar-refractivity contribution in [2.24, 2.45) is 0 Å². The summed E-state index contributed by atoms with van der Waals surface area (Å²) >= 11 is 1.21. The number of carbonyl (C=O) groups excluding carboxylic acids is 1. The number of thioether (sulfide) groups is 1. The van der Waals surface area contributed by atoms with E-state index in [9.17, 15) is 13.2 Å². The van der Waals surface area contributed by atoms with Crippen molar-refractivity contribution in [1.29, 1.82) is 0 Å². The summed E-state index contributed by atoms with van der Waals surface area (Å²) in [7, 11) is -3.00. The number of carbonyl (C=O) groups is 1. The average molecular weight is 460 g/mol. The van der Waals surface area contributed by atoms with Gasteiger partial charge < -0.3 is 8.98 Å². The SMILES string of the molecule is Cc1cc(C)cc(-c2nnc(SCC(=O)c3cc(C)n(C4CCS(=O)(=O)C4)c3C)o2)c1. The number of nitrogens with zero attached hydrogens (tertiary/aromatic N) is 3. The van der Waals surface area contributed by atoms with Crippen LogP contribution in [0.3, 0.4) is 0 Å². The van der Waals surface area contributed by atoms with Crippen molar-refractivity contribution in [1.82, 2.24) is 14.8 Å². The largest absolute Gasteiger partial charge is 0.411 e. The molecule has 1 aliphatic rings. The molecule has 1 atom stereocenters. The van der Waals surface area contributed by atoms with Gasteiger partial charge in [0.2, 0.25) is 5.89 Å². The van der Waals surface area contributed by atoms with Crippen LogP contribution >= 0.6 is 11.8 Å². The van der Waals surface area contributed by atoms with Crippen LogP contribution in [0, 0.1) is 27.7 Å². The van der Waals surface area contributed by atoms with Crippen LogP contribution in [0.25, 0.3) is 11.5 Å². The molecule has 1 aromatic carbocycles. The molecule has 1 aliphatic heterocycles. The van der Waals surface area contributed by atoms with E-state index in [0.717, 1.165) is 28.1 Å². The first kappa shape index (κ1) is 21.8. The third-order valence-electron chi connectivity index (χ3n) is 5.56. The normalized spacial score (nSPS) is 17.9. The molecule has 4 rings (SSSR count). The zero-order valence-corrected chi connectivity index (χ0v) is 19.6. The van der Waals surface area contributed by atoms with Gasteiger partial charge in [0, 0.05) is 28.6 Å². The van der Waals surface area contributed by atoms with Gasteiger partial charge in [-0.05, 0) is 52.3 Å². The summed E-state index contributed by atoms with van der Waals surface area (Å²) < 4.78 is 31.5. The molecular formula is C22H25N3O4S2. The highest BCUT2D eigenvalue weighted by Gasteiger charge is 2.31. The Labute approximate surface area is 186 Å². The Hall–Kier alpha value is -2.39. The number of Topliss-reactive ketones (excluding diaryl/α,β-unsaturated/α-hetero) is 1. The lowest BCUT2D eigenvalue weighted by molar-refractivity contribution is 0.102. The van der Waals surface area contributed by atoms with Gasteiger partial charge >= 0.3 is 0 Å². The van der Waals surface area contributed by atoms with Crippen molar-refractivity contribution >= 4 is 27.4 Å². The Balaban J connectivity index is 1.46. The number of aromatic nitrogens is 3. The second-order valence-electron chi connectivity index (χ2n) is 8.17. The molecule has 0 N–H and O–H groups in total.